The largest absolute Gasteiger partial charge is 0.326 e. The molecule has 8 nitrogen and oxygen atoms in total. The van der Waals surface area contributed by atoms with Gasteiger partial charge < -0.3 is 20.5 Å². The fourth-order valence-corrected chi connectivity index (χ4v) is 2.88. The quantitative estimate of drug-likeness (QED) is 0.572. The third-order valence-corrected chi connectivity index (χ3v) is 4.34. The molecular formula is C23H22N4O4. The zero-order valence-corrected chi connectivity index (χ0v) is 17.1. The Kier molecular flexibility index (Phi) is 6.61. The first kappa shape index (κ1) is 21.5. The maximum atomic E-state index is 12.4. The van der Waals surface area contributed by atoms with Crippen LogP contribution in [0.5, 0.6) is 0 Å². The number of hydrogen-bond donors (Lipinski definition) is 3. The molecule has 1 aromatic heterocycles. The Morgan fingerprint density at radius 2 is 1.32 bits per heavy atom. The van der Waals surface area contributed by atoms with Gasteiger partial charge in [0.25, 0.3) is 11.5 Å². The maximum absolute atomic E-state index is 12.4. The van der Waals surface area contributed by atoms with Gasteiger partial charge in [0.2, 0.25) is 11.8 Å². The Morgan fingerprint density at radius 3 is 1.94 bits per heavy atom. The van der Waals surface area contributed by atoms with Crippen LogP contribution in [0.3, 0.4) is 0 Å². The zero-order chi connectivity index (χ0) is 22.4. The fraction of sp³-hybridized carbons (Fsp3) is 0.130. The maximum Gasteiger partial charge on any atom is 0.255 e. The summed E-state index contributed by atoms with van der Waals surface area (Å²) >= 11 is 0. The number of carbonyl (C=O) groups is 3. The van der Waals surface area contributed by atoms with E-state index in [0.717, 1.165) is 5.56 Å². The third kappa shape index (κ3) is 6.14. The van der Waals surface area contributed by atoms with Crippen molar-refractivity contribution in [3.05, 3.63) is 88.3 Å². The normalized spacial score (nSPS) is 10.3. The van der Waals surface area contributed by atoms with Crippen LogP contribution in [0, 0.1) is 6.92 Å². The number of hydrogen-bond acceptors (Lipinski definition) is 4. The lowest BCUT2D eigenvalue weighted by atomic mass is 10.2. The Hall–Kier alpha value is -4.20. The molecule has 0 bridgehead atoms. The molecule has 2 aromatic carbocycles. The minimum absolute atomic E-state index is 0.1000. The van der Waals surface area contributed by atoms with Crippen molar-refractivity contribution in [2.45, 2.75) is 20.4 Å². The van der Waals surface area contributed by atoms with Crippen LogP contribution in [0.1, 0.15) is 22.8 Å². The van der Waals surface area contributed by atoms with Gasteiger partial charge in [-0.2, -0.15) is 0 Å². The highest BCUT2D eigenvalue weighted by Gasteiger charge is 2.09. The van der Waals surface area contributed by atoms with Crippen molar-refractivity contribution < 1.29 is 14.4 Å². The first-order valence-electron chi connectivity index (χ1n) is 9.56. The summed E-state index contributed by atoms with van der Waals surface area (Å²) < 4.78 is 1.34. The molecule has 0 spiro atoms. The number of carbonyl (C=O) groups excluding carboxylic acids is 3. The molecule has 31 heavy (non-hydrogen) atoms. The van der Waals surface area contributed by atoms with Crippen LogP contribution in [-0.4, -0.2) is 22.3 Å². The zero-order valence-electron chi connectivity index (χ0n) is 17.1. The minimum atomic E-state index is -0.343. The molecular weight excluding hydrogens is 396 g/mol. The van der Waals surface area contributed by atoms with E-state index in [1.807, 2.05) is 6.92 Å². The smallest absolute Gasteiger partial charge is 0.255 e. The number of nitrogens with one attached hydrogen (secondary N) is 3. The monoisotopic (exact) mass is 418 g/mol. The van der Waals surface area contributed by atoms with Gasteiger partial charge in [-0.15, -0.1) is 0 Å². The predicted molar refractivity (Wildman–Crippen MR) is 119 cm³/mol. The van der Waals surface area contributed by atoms with Crippen LogP contribution < -0.4 is 21.5 Å². The lowest BCUT2D eigenvalue weighted by molar-refractivity contribution is -0.117. The van der Waals surface area contributed by atoms with Crippen molar-refractivity contribution in [3.63, 3.8) is 0 Å². The van der Waals surface area contributed by atoms with Gasteiger partial charge in [-0.05, 0) is 61.0 Å². The van der Waals surface area contributed by atoms with Crippen molar-refractivity contribution in [3.8, 4) is 0 Å². The van der Waals surface area contributed by atoms with E-state index in [1.165, 1.54) is 17.6 Å². The van der Waals surface area contributed by atoms with Crippen LogP contribution in [0.2, 0.25) is 0 Å². The number of aromatic nitrogens is 1. The molecule has 3 N–H and O–H groups in total. The van der Waals surface area contributed by atoms with E-state index in [-0.39, 0.29) is 29.8 Å². The van der Waals surface area contributed by atoms with Crippen LogP contribution in [-0.2, 0) is 16.1 Å². The van der Waals surface area contributed by atoms with Crippen molar-refractivity contribution in [2.24, 2.45) is 0 Å². The number of nitrogens with zero attached hydrogens (tertiary/aromatic N) is 1. The molecule has 3 rings (SSSR count). The Labute approximate surface area is 178 Å². The molecule has 0 aliphatic rings. The van der Waals surface area contributed by atoms with Crippen LogP contribution in [0.4, 0.5) is 17.1 Å². The second-order valence-electron chi connectivity index (χ2n) is 7.01. The minimum Gasteiger partial charge on any atom is -0.326 e. The highest BCUT2D eigenvalue weighted by Crippen LogP contribution is 2.16. The molecule has 0 saturated heterocycles. The lowest BCUT2D eigenvalue weighted by Crippen LogP contribution is -2.26. The van der Waals surface area contributed by atoms with Crippen molar-refractivity contribution in [2.75, 3.05) is 16.0 Å². The van der Waals surface area contributed by atoms with Gasteiger partial charge >= 0.3 is 0 Å². The summed E-state index contributed by atoms with van der Waals surface area (Å²) in [5.41, 5.74) is 2.78. The summed E-state index contributed by atoms with van der Waals surface area (Å²) in [6, 6.07) is 16.3. The second kappa shape index (κ2) is 9.53. The molecule has 0 unspecified atom stereocenters. The summed E-state index contributed by atoms with van der Waals surface area (Å²) in [4.78, 5) is 47.5. The van der Waals surface area contributed by atoms with E-state index in [0.29, 0.717) is 22.6 Å². The molecule has 3 amide bonds. The summed E-state index contributed by atoms with van der Waals surface area (Å²) in [5.74, 6) is -0.824. The SMILES string of the molecule is CC(=O)Nc1ccc(NC(=O)c2ccc(NC(=O)Cn3cc(C)ccc3=O)cc2)cc1. The molecule has 0 aliphatic carbocycles. The van der Waals surface area contributed by atoms with Gasteiger partial charge in [-0.25, -0.2) is 0 Å². The molecule has 8 heteroatoms. The number of rotatable bonds is 6. The molecule has 0 radical (unpaired) electrons. The van der Waals surface area contributed by atoms with Gasteiger partial charge in [-0.3, -0.25) is 19.2 Å². The number of aryl methyl sites for hydroxylation is 1. The van der Waals surface area contributed by atoms with E-state index in [2.05, 4.69) is 16.0 Å². The number of benzene rings is 2. The highest BCUT2D eigenvalue weighted by atomic mass is 16.2. The number of amides is 3. The molecule has 3 aromatic rings. The summed E-state index contributed by atoms with van der Waals surface area (Å²) in [6.45, 7) is 3.16. The topological polar surface area (TPSA) is 109 Å². The predicted octanol–water partition coefficient (Wildman–Crippen LogP) is 3.01. The van der Waals surface area contributed by atoms with E-state index in [1.54, 1.807) is 60.8 Å². The molecule has 1 heterocycles. The standard InChI is InChI=1S/C23H22N4O4/c1-15-3-12-22(30)27(13-15)14-21(29)25-19-6-4-17(5-7-19)23(31)26-20-10-8-18(9-11-20)24-16(2)28/h3-13H,14H2,1-2H3,(H,24,28)(H,25,29)(H,26,31). The van der Waals surface area contributed by atoms with Gasteiger partial charge in [0.05, 0.1) is 0 Å². The van der Waals surface area contributed by atoms with Crippen molar-refractivity contribution >= 4 is 34.8 Å². The first-order valence-corrected chi connectivity index (χ1v) is 9.56. The van der Waals surface area contributed by atoms with Gasteiger partial charge in [0, 0.05) is 41.8 Å². The highest BCUT2D eigenvalue weighted by molar-refractivity contribution is 6.04. The summed E-state index contributed by atoms with van der Waals surface area (Å²) in [7, 11) is 0. The summed E-state index contributed by atoms with van der Waals surface area (Å²) in [5, 5.41) is 8.13. The summed E-state index contributed by atoms with van der Waals surface area (Å²) in [6.07, 6.45) is 1.62. The van der Waals surface area contributed by atoms with E-state index >= 15 is 0 Å². The molecule has 158 valence electrons. The molecule has 0 saturated carbocycles. The Balaban J connectivity index is 1.58. The number of pyridine rings is 1. The molecule has 0 atom stereocenters. The first-order chi connectivity index (χ1) is 14.8. The molecule has 0 fully saturated rings. The van der Waals surface area contributed by atoms with Gasteiger partial charge in [0.15, 0.2) is 0 Å². The van der Waals surface area contributed by atoms with E-state index < -0.39 is 0 Å². The van der Waals surface area contributed by atoms with Crippen molar-refractivity contribution in [1.82, 2.24) is 4.57 Å². The Morgan fingerprint density at radius 1 is 0.774 bits per heavy atom. The number of anilines is 3. The molecule has 0 aliphatic heterocycles. The average Bonchev–Trinajstić information content (AvgIpc) is 2.72. The van der Waals surface area contributed by atoms with E-state index in [4.69, 9.17) is 0 Å². The van der Waals surface area contributed by atoms with Crippen LogP contribution in [0.25, 0.3) is 0 Å². The fourth-order valence-electron chi connectivity index (χ4n) is 2.88. The van der Waals surface area contributed by atoms with E-state index in [9.17, 15) is 19.2 Å². The third-order valence-electron chi connectivity index (χ3n) is 4.34. The van der Waals surface area contributed by atoms with Crippen LogP contribution in [0.15, 0.2) is 71.7 Å². The second-order valence-corrected chi connectivity index (χ2v) is 7.01. The average molecular weight is 418 g/mol. The van der Waals surface area contributed by atoms with Gasteiger partial charge in [0.1, 0.15) is 6.54 Å². The lowest BCUT2D eigenvalue weighted by Gasteiger charge is -2.09. The van der Waals surface area contributed by atoms with Crippen LogP contribution >= 0.6 is 0 Å². The van der Waals surface area contributed by atoms with Crippen molar-refractivity contribution in [1.29, 1.82) is 0 Å². The Bertz CT molecular complexity index is 1170. The van der Waals surface area contributed by atoms with Gasteiger partial charge in [-0.1, -0.05) is 6.07 Å².